The monoisotopic (exact) mass is 384 g/mol. The van der Waals surface area contributed by atoms with E-state index in [1.807, 2.05) is 0 Å². The summed E-state index contributed by atoms with van der Waals surface area (Å²) in [6.07, 6.45) is 0. The number of nitro groups is 3. The first kappa shape index (κ1) is 19.0. The topological polar surface area (TPSA) is 201 Å². The van der Waals surface area contributed by atoms with Crippen molar-refractivity contribution in [2.45, 2.75) is 14.7 Å². The van der Waals surface area contributed by atoms with Gasteiger partial charge in [-0.1, -0.05) is 0 Å². The molecule has 0 fully saturated rings. The lowest BCUT2D eigenvalue weighted by Gasteiger charge is -2.08. The summed E-state index contributed by atoms with van der Waals surface area (Å²) < 4.78 is 0. The molecular formula is C9N6O6S3. The molecule has 0 aliphatic rings. The summed E-state index contributed by atoms with van der Waals surface area (Å²) in [5.74, 6) is 0. The van der Waals surface area contributed by atoms with E-state index in [2.05, 4.69) is 0 Å². The van der Waals surface area contributed by atoms with Gasteiger partial charge >= 0.3 is 17.1 Å². The van der Waals surface area contributed by atoms with Crippen molar-refractivity contribution in [1.29, 1.82) is 15.8 Å². The summed E-state index contributed by atoms with van der Waals surface area (Å²) in [4.78, 5) is 28.1. The van der Waals surface area contributed by atoms with Gasteiger partial charge in [0.05, 0.1) is 19.7 Å². The maximum atomic E-state index is 11.2. The number of thioether (sulfide) groups is 3. The molecular weight excluding hydrogens is 384 g/mol. The Morgan fingerprint density at radius 3 is 1.17 bits per heavy atom. The van der Waals surface area contributed by atoms with Gasteiger partial charge in [0.2, 0.25) is 0 Å². The average molecular weight is 384 g/mol. The van der Waals surface area contributed by atoms with Crippen LogP contribution in [0, 0.1) is 62.3 Å². The van der Waals surface area contributed by atoms with Crippen molar-refractivity contribution in [3.63, 3.8) is 0 Å². The van der Waals surface area contributed by atoms with Crippen LogP contribution in [0.5, 0.6) is 0 Å². The number of hydrogen-bond acceptors (Lipinski definition) is 12. The van der Waals surface area contributed by atoms with Gasteiger partial charge in [-0.15, -0.1) is 0 Å². The number of nitriles is 3. The van der Waals surface area contributed by atoms with Gasteiger partial charge in [0.15, 0.2) is 0 Å². The zero-order valence-electron chi connectivity index (χ0n) is 10.9. The van der Waals surface area contributed by atoms with Crippen LogP contribution in [-0.2, 0) is 0 Å². The van der Waals surface area contributed by atoms with Gasteiger partial charge in [-0.05, 0) is 35.3 Å². The van der Waals surface area contributed by atoms with Crippen molar-refractivity contribution in [3.8, 4) is 16.2 Å². The van der Waals surface area contributed by atoms with Crippen molar-refractivity contribution in [3.05, 3.63) is 30.3 Å². The van der Waals surface area contributed by atoms with Gasteiger partial charge in [-0.2, -0.15) is 15.8 Å². The fraction of sp³-hybridized carbons (Fsp3) is 0. The number of nitrogens with zero attached hydrogens (tertiary/aromatic N) is 6. The van der Waals surface area contributed by atoms with E-state index in [0.29, 0.717) is 0 Å². The molecule has 0 radical (unpaired) electrons. The Morgan fingerprint density at radius 1 is 0.625 bits per heavy atom. The highest BCUT2D eigenvalue weighted by atomic mass is 32.2. The molecule has 0 aliphatic heterocycles. The predicted molar refractivity (Wildman–Crippen MR) is 80.8 cm³/mol. The molecule has 0 heterocycles. The van der Waals surface area contributed by atoms with Crippen LogP contribution in [0.1, 0.15) is 0 Å². The fourth-order valence-corrected chi connectivity index (χ4v) is 3.72. The van der Waals surface area contributed by atoms with E-state index in [9.17, 15) is 30.3 Å². The van der Waals surface area contributed by atoms with E-state index < -0.39 is 46.5 Å². The number of hydrogen-bond donors (Lipinski definition) is 0. The van der Waals surface area contributed by atoms with Crippen LogP contribution in [0.4, 0.5) is 17.1 Å². The molecule has 0 aromatic heterocycles. The van der Waals surface area contributed by atoms with Crippen LogP contribution < -0.4 is 0 Å². The molecule has 0 N–H and O–H groups in total. The van der Waals surface area contributed by atoms with E-state index in [1.165, 1.54) is 16.2 Å². The molecule has 0 bridgehead atoms. The van der Waals surface area contributed by atoms with Crippen LogP contribution in [0.3, 0.4) is 0 Å². The van der Waals surface area contributed by atoms with Crippen LogP contribution in [-0.4, -0.2) is 14.8 Å². The first-order chi connectivity index (χ1) is 11.3. The van der Waals surface area contributed by atoms with Gasteiger partial charge in [-0.3, -0.25) is 30.3 Å². The molecule has 120 valence electrons. The van der Waals surface area contributed by atoms with Crippen molar-refractivity contribution < 1.29 is 14.8 Å². The number of benzene rings is 1. The molecule has 12 nitrogen and oxygen atoms in total. The van der Waals surface area contributed by atoms with Gasteiger partial charge < -0.3 is 0 Å². The standard InChI is InChI=1S/C9N6O6S3/c10-1-22-7-5(14(18)19)4(13(16)17)6(15(20)21)8(23-2-11)9(7)24-3-12. The summed E-state index contributed by atoms with van der Waals surface area (Å²) >= 11 is 0.484. The lowest BCUT2D eigenvalue weighted by atomic mass is 10.2. The molecule has 0 aliphatic carbocycles. The Morgan fingerprint density at radius 2 is 0.917 bits per heavy atom. The lowest BCUT2D eigenvalue weighted by Crippen LogP contribution is -2.06. The van der Waals surface area contributed by atoms with Crippen LogP contribution in [0.2, 0.25) is 0 Å². The Kier molecular flexibility index (Phi) is 6.31. The number of nitro benzene ring substituents is 3. The highest BCUT2D eigenvalue weighted by molar-refractivity contribution is 8.08. The van der Waals surface area contributed by atoms with Gasteiger partial charge in [0.1, 0.15) is 26.0 Å². The number of thiocyanates is 3. The maximum absolute atomic E-state index is 11.2. The van der Waals surface area contributed by atoms with E-state index >= 15 is 0 Å². The van der Waals surface area contributed by atoms with E-state index in [-0.39, 0.29) is 35.3 Å². The second kappa shape index (κ2) is 7.98. The third-order valence-corrected chi connectivity index (χ3v) is 4.63. The maximum Gasteiger partial charge on any atom is 0.424 e. The molecule has 1 rings (SSSR count). The van der Waals surface area contributed by atoms with Gasteiger partial charge in [-0.25, -0.2) is 0 Å². The molecule has 0 saturated heterocycles. The molecule has 0 atom stereocenters. The molecule has 1 aromatic carbocycles. The Labute approximate surface area is 144 Å². The first-order valence-electron chi connectivity index (χ1n) is 5.16. The molecule has 0 saturated carbocycles. The highest BCUT2D eigenvalue weighted by Gasteiger charge is 2.45. The molecule has 1 aromatic rings. The summed E-state index contributed by atoms with van der Waals surface area (Å²) in [5.41, 5.74) is -4.01. The van der Waals surface area contributed by atoms with Crippen LogP contribution in [0.25, 0.3) is 0 Å². The smallest absolute Gasteiger partial charge is 0.258 e. The first-order valence-corrected chi connectivity index (χ1v) is 7.61. The second-order valence-corrected chi connectivity index (χ2v) is 5.77. The molecule has 0 spiro atoms. The predicted octanol–water partition coefficient (Wildman–Crippen LogP) is 3.13. The van der Waals surface area contributed by atoms with E-state index in [1.54, 1.807) is 0 Å². The van der Waals surface area contributed by atoms with Crippen molar-refractivity contribution in [2.75, 3.05) is 0 Å². The van der Waals surface area contributed by atoms with Crippen molar-refractivity contribution in [2.24, 2.45) is 0 Å². The summed E-state index contributed by atoms with van der Waals surface area (Å²) in [6, 6.07) is 0. The highest BCUT2D eigenvalue weighted by Crippen LogP contribution is 2.54. The van der Waals surface area contributed by atoms with Gasteiger partial charge in [0.25, 0.3) is 0 Å². The molecule has 0 amide bonds. The summed E-state index contributed by atoms with van der Waals surface area (Å²) in [6.45, 7) is 0. The zero-order valence-corrected chi connectivity index (χ0v) is 13.3. The molecule has 15 heteroatoms. The van der Waals surface area contributed by atoms with Gasteiger partial charge in [0, 0.05) is 0 Å². The number of rotatable bonds is 6. The third kappa shape index (κ3) is 3.47. The summed E-state index contributed by atoms with van der Waals surface area (Å²) in [5, 5.41) is 64.4. The molecule has 24 heavy (non-hydrogen) atoms. The minimum atomic E-state index is -1.46. The second-order valence-electron chi connectivity index (χ2n) is 3.38. The average Bonchev–Trinajstić information content (AvgIpc) is 2.49. The van der Waals surface area contributed by atoms with Crippen LogP contribution >= 0.6 is 35.3 Å². The Balaban J connectivity index is 4.24. The Bertz CT molecular complexity index is 827. The lowest BCUT2D eigenvalue weighted by molar-refractivity contribution is -0.444. The molecule has 0 unspecified atom stereocenters. The van der Waals surface area contributed by atoms with E-state index in [0.717, 1.165) is 0 Å². The normalized spacial score (nSPS) is 9.38. The van der Waals surface area contributed by atoms with Crippen LogP contribution in [0.15, 0.2) is 14.7 Å². The Hall–Kier alpha value is -3.06. The largest absolute Gasteiger partial charge is 0.424 e. The zero-order chi connectivity index (χ0) is 18.4. The quantitative estimate of drug-likeness (QED) is 0.300. The summed E-state index contributed by atoms with van der Waals surface area (Å²) in [7, 11) is 0. The fourth-order valence-electron chi connectivity index (χ4n) is 1.58. The van der Waals surface area contributed by atoms with E-state index in [4.69, 9.17) is 15.8 Å². The van der Waals surface area contributed by atoms with Crippen molar-refractivity contribution >= 4 is 52.3 Å². The minimum absolute atomic E-state index is 0.131. The third-order valence-electron chi connectivity index (χ3n) is 2.28. The van der Waals surface area contributed by atoms with Crippen molar-refractivity contribution in [1.82, 2.24) is 0 Å². The minimum Gasteiger partial charge on any atom is -0.258 e. The SMILES string of the molecule is N#CSc1c(SC#N)c([N+](=O)[O-])c([N+](=O)[O-])c([N+](=O)[O-])c1SC#N.